The van der Waals surface area contributed by atoms with Crippen LogP contribution in [-0.2, 0) is 14.4 Å². The van der Waals surface area contributed by atoms with E-state index < -0.39 is 24.3 Å². The van der Waals surface area contributed by atoms with Crippen LogP contribution in [0.15, 0.2) is 48.5 Å². The first-order valence-electron chi connectivity index (χ1n) is 11.1. The zero-order valence-electron chi connectivity index (χ0n) is 18.0. The van der Waals surface area contributed by atoms with Gasteiger partial charge in [-0.1, -0.05) is 47.5 Å². The van der Waals surface area contributed by atoms with Crippen LogP contribution in [0.1, 0.15) is 48.8 Å². The van der Waals surface area contributed by atoms with Crippen molar-refractivity contribution in [1.82, 2.24) is 10.2 Å². The summed E-state index contributed by atoms with van der Waals surface area (Å²) < 4.78 is 0. The van der Waals surface area contributed by atoms with E-state index in [9.17, 15) is 14.4 Å². The maximum Gasteiger partial charge on any atom is 0.322 e. The number of aliphatic carboxylic acids is 1. The van der Waals surface area contributed by atoms with Crippen molar-refractivity contribution in [2.24, 2.45) is 11.8 Å². The summed E-state index contributed by atoms with van der Waals surface area (Å²) in [5, 5.41) is 12.5. The molecule has 3 atom stereocenters. The van der Waals surface area contributed by atoms with Crippen LogP contribution < -0.4 is 5.32 Å². The molecule has 2 aromatic rings. The summed E-state index contributed by atoms with van der Waals surface area (Å²) in [4.78, 5) is 38.8. The van der Waals surface area contributed by atoms with Gasteiger partial charge in [-0.3, -0.25) is 14.4 Å². The molecule has 8 heteroatoms. The minimum Gasteiger partial charge on any atom is -0.480 e. The number of carbonyl (C=O) groups is 3. The smallest absolute Gasteiger partial charge is 0.322 e. The van der Waals surface area contributed by atoms with Gasteiger partial charge < -0.3 is 15.3 Å². The van der Waals surface area contributed by atoms with Crippen LogP contribution in [0.5, 0.6) is 0 Å². The Balaban J connectivity index is 1.69. The molecule has 0 radical (unpaired) electrons. The van der Waals surface area contributed by atoms with Gasteiger partial charge in [0, 0.05) is 34.8 Å². The maximum absolute atomic E-state index is 13.6. The number of hydrogen-bond acceptors (Lipinski definition) is 3. The van der Waals surface area contributed by atoms with Gasteiger partial charge in [-0.15, -0.1) is 0 Å². The molecule has 0 bridgehead atoms. The van der Waals surface area contributed by atoms with E-state index in [0.29, 0.717) is 28.9 Å². The number of halogens is 2. The standard InChI is InChI=1S/C25H26Cl2N2O4/c26-19-8-6-16(7-9-19)24-21(17-2-1-3-20(27)10-17)11-18(12-22(30)28-13-23(31)32)25(33)29(24)14-15-4-5-15/h1-3,6-10,15,18,21,24H,4-5,11-14H2,(H,28,30)(H,31,32)/t18-,21-,24?/m1/s1. The van der Waals surface area contributed by atoms with Crippen molar-refractivity contribution >= 4 is 41.0 Å². The normalized spacial score (nSPS) is 22.8. The predicted molar refractivity (Wildman–Crippen MR) is 126 cm³/mol. The van der Waals surface area contributed by atoms with Gasteiger partial charge in [0.1, 0.15) is 6.54 Å². The van der Waals surface area contributed by atoms with E-state index in [1.165, 1.54) is 0 Å². The van der Waals surface area contributed by atoms with E-state index >= 15 is 0 Å². The highest BCUT2D eigenvalue weighted by Crippen LogP contribution is 2.48. The van der Waals surface area contributed by atoms with Gasteiger partial charge in [0.2, 0.25) is 11.8 Å². The van der Waals surface area contributed by atoms with Crippen LogP contribution in [-0.4, -0.2) is 40.9 Å². The lowest BCUT2D eigenvalue weighted by Crippen LogP contribution is -2.48. The molecule has 2 amide bonds. The largest absolute Gasteiger partial charge is 0.480 e. The van der Waals surface area contributed by atoms with Crippen molar-refractivity contribution in [3.8, 4) is 0 Å². The van der Waals surface area contributed by atoms with Crippen molar-refractivity contribution in [3.05, 3.63) is 69.7 Å². The third-order valence-corrected chi connectivity index (χ3v) is 6.88. The second-order valence-electron chi connectivity index (χ2n) is 8.90. The van der Waals surface area contributed by atoms with E-state index in [0.717, 1.165) is 24.0 Å². The first-order valence-corrected chi connectivity index (χ1v) is 11.9. The number of nitrogens with one attached hydrogen (secondary N) is 1. The molecule has 2 aromatic carbocycles. The Morgan fingerprint density at radius 3 is 2.39 bits per heavy atom. The summed E-state index contributed by atoms with van der Waals surface area (Å²) in [7, 11) is 0. The number of carboxylic acids is 1. The van der Waals surface area contributed by atoms with Gasteiger partial charge in [-0.2, -0.15) is 0 Å². The van der Waals surface area contributed by atoms with Gasteiger partial charge in [0.25, 0.3) is 0 Å². The topological polar surface area (TPSA) is 86.7 Å². The van der Waals surface area contributed by atoms with Crippen LogP contribution in [0.25, 0.3) is 0 Å². The Morgan fingerprint density at radius 2 is 1.76 bits per heavy atom. The van der Waals surface area contributed by atoms with E-state index in [1.54, 1.807) is 0 Å². The van der Waals surface area contributed by atoms with Crippen molar-refractivity contribution in [2.75, 3.05) is 13.1 Å². The molecule has 33 heavy (non-hydrogen) atoms. The van der Waals surface area contributed by atoms with Gasteiger partial charge in [-0.25, -0.2) is 0 Å². The van der Waals surface area contributed by atoms with Crippen molar-refractivity contribution < 1.29 is 19.5 Å². The monoisotopic (exact) mass is 488 g/mol. The number of carboxylic acid groups (broad SMARTS) is 1. The molecule has 6 nitrogen and oxygen atoms in total. The highest BCUT2D eigenvalue weighted by molar-refractivity contribution is 6.30. The fourth-order valence-corrected chi connectivity index (χ4v) is 5.00. The molecule has 1 saturated carbocycles. The number of carbonyl (C=O) groups excluding carboxylic acids is 2. The molecule has 1 unspecified atom stereocenters. The summed E-state index contributed by atoms with van der Waals surface area (Å²) in [6.45, 7) is 0.174. The van der Waals surface area contributed by atoms with E-state index in [1.807, 2.05) is 53.4 Å². The molecule has 0 aromatic heterocycles. The zero-order valence-corrected chi connectivity index (χ0v) is 19.6. The van der Waals surface area contributed by atoms with E-state index in [2.05, 4.69) is 5.32 Å². The highest BCUT2D eigenvalue weighted by Gasteiger charge is 2.45. The number of piperidine rings is 1. The maximum atomic E-state index is 13.6. The summed E-state index contributed by atoms with van der Waals surface area (Å²) in [6, 6.07) is 15.0. The molecule has 1 saturated heterocycles. The Kier molecular flexibility index (Phi) is 7.25. The quantitative estimate of drug-likeness (QED) is 0.565. The Hall–Kier alpha value is -2.57. The molecule has 4 rings (SSSR count). The minimum atomic E-state index is -1.12. The molecule has 1 heterocycles. The second kappa shape index (κ2) is 10.1. The van der Waals surface area contributed by atoms with E-state index in [4.69, 9.17) is 28.3 Å². The summed E-state index contributed by atoms with van der Waals surface area (Å²) >= 11 is 12.4. The lowest BCUT2D eigenvalue weighted by Gasteiger charge is -2.45. The van der Waals surface area contributed by atoms with Crippen LogP contribution in [0.4, 0.5) is 0 Å². The van der Waals surface area contributed by atoms with Crippen LogP contribution in [0.2, 0.25) is 10.0 Å². The van der Waals surface area contributed by atoms with Crippen LogP contribution in [0.3, 0.4) is 0 Å². The van der Waals surface area contributed by atoms with Crippen molar-refractivity contribution in [2.45, 2.75) is 37.6 Å². The molecule has 174 valence electrons. The number of nitrogens with zero attached hydrogens (tertiary/aromatic N) is 1. The van der Waals surface area contributed by atoms with Crippen molar-refractivity contribution in [1.29, 1.82) is 0 Å². The van der Waals surface area contributed by atoms with Gasteiger partial charge in [0.15, 0.2) is 0 Å². The average molecular weight is 489 g/mol. The first kappa shape index (κ1) is 23.6. The lowest BCUT2D eigenvalue weighted by atomic mass is 9.74. The van der Waals surface area contributed by atoms with Gasteiger partial charge in [-0.05, 0) is 60.6 Å². The predicted octanol–water partition coefficient (Wildman–Crippen LogP) is 4.67. The zero-order chi connectivity index (χ0) is 23.5. The molecule has 1 aliphatic heterocycles. The molecule has 0 spiro atoms. The molecule has 2 aliphatic rings. The Morgan fingerprint density at radius 1 is 1.03 bits per heavy atom. The number of likely N-dealkylation sites (tertiary alicyclic amines) is 1. The Labute approximate surface area is 202 Å². The summed E-state index contributed by atoms with van der Waals surface area (Å²) in [5.41, 5.74) is 2.00. The third kappa shape index (κ3) is 5.87. The number of benzene rings is 2. The highest BCUT2D eigenvalue weighted by atomic mass is 35.5. The minimum absolute atomic E-state index is 0.0440. The van der Waals surface area contributed by atoms with Crippen molar-refractivity contribution in [3.63, 3.8) is 0 Å². The number of rotatable bonds is 8. The lowest BCUT2D eigenvalue weighted by molar-refractivity contribution is -0.146. The molecule has 1 aliphatic carbocycles. The molecular formula is C25H26Cl2N2O4. The third-order valence-electron chi connectivity index (χ3n) is 6.40. The SMILES string of the molecule is O=C(O)CNC(=O)C[C@H]1C[C@H](c2cccc(Cl)c2)C(c2ccc(Cl)cc2)N(CC2CC2)C1=O. The van der Waals surface area contributed by atoms with Gasteiger partial charge >= 0.3 is 5.97 Å². The average Bonchev–Trinajstić information content (AvgIpc) is 3.60. The molecule has 2 N–H and O–H groups in total. The second-order valence-corrected chi connectivity index (χ2v) is 9.77. The van der Waals surface area contributed by atoms with E-state index in [-0.39, 0.29) is 24.3 Å². The molecular weight excluding hydrogens is 463 g/mol. The fraction of sp³-hybridized carbons (Fsp3) is 0.400. The summed E-state index contributed by atoms with van der Waals surface area (Å²) in [5.74, 6) is -1.76. The number of amides is 2. The van der Waals surface area contributed by atoms with Gasteiger partial charge in [0.05, 0.1) is 6.04 Å². The van der Waals surface area contributed by atoms with Crippen LogP contribution >= 0.6 is 23.2 Å². The first-order chi connectivity index (χ1) is 15.8. The van der Waals surface area contributed by atoms with Crippen LogP contribution in [0, 0.1) is 11.8 Å². The molecule has 2 fully saturated rings. The number of hydrogen-bond donors (Lipinski definition) is 2. The fourth-order valence-electron chi connectivity index (χ4n) is 4.68. The Bertz CT molecular complexity index is 1040. The summed E-state index contributed by atoms with van der Waals surface area (Å²) in [6.07, 6.45) is 2.59.